The van der Waals surface area contributed by atoms with Crippen LogP contribution in [0.2, 0.25) is 0 Å². The van der Waals surface area contributed by atoms with Crippen molar-refractivity contribution in [3.63, 3.8) is 0 Å². The van der Waals surface area contributed by atoms with Crippen molar-refractivity contribution in [2.45, 2.75) is 38.8 Å². The molecular weight excluding hydrogens is 404 g/mol. The third-order valence-corrected chi connectivity index (χ3v) is 5.39. The molecule has 1 N–H and O–H groups in total. The first-order valence-corrected chi connectivity index (χ1v) is 10.7. The van der Waals surface area contributed by atoms with Gasteiger partial charge in [0.25, 0.3) is 0 Å². The molecule has 0 amide bonds. The number of benzene rings is 3. The van der Waals surface area contributed by atoms with Crippen molar-refractivity contribution in [1.82, 2.24) is 0 Å². The maximum Gasteiger partial charge on any atom is 0.312 e. The number of rotatable bonds is 11. The number of aliphatic hydroxyl groups excluding tert-OH is 1. The molecule has 0 saturated heterocycles. The summed E-state index contributed by atoms with van der Waals surface area (Å²) in [4.78, 5) is 13.0. The van der Waals surface area contributed by atoms with Crippen molar-refractivity contribution in [2.75, 3.05) is 7.11 Å². The van der Waals surface area contributed by atoms with Crippen molar-refractivity contribution in [3.05, 3.63) is 102 Å². The predicted molar refractivity (Wildman–Crippen MR) is 123 cm³/mol. The molecular formula is C27H30O5. The second kappa shape index (κ2) is 12.0. The SMILES string of the molecule is COc1ccc(CO[C@@H](C)[C@H](O)[C@@H](Cc2ccccc2)C(=O)OCc2ccccc2)cc1. The summed E-state index contributed by atoms with van der Waals surface area (Å²) >= 11 is 0. The molecule has 0 heterocycles. The first kappa shape index (κ1) is 23.5. The van der Waals surface area contributed by atoms with E-state index in [9.17, 15) is 9.90 Å². The molecule has 0 saturated carbocycles. The molecule has 0 radical (unpaired) electrons. The molecule has 0 aliphatic carbocycles. The lowest BCUT2D eigenvalue weighted by Gasteiger charge is -2.27. The molecule has 3 aromatic carbocycles. The van der Waals surface area contributed by atoms with Gasteiger partial charge in [0.15, 0.2) is 0 Å². The highest BCUT2D eigenvalue weighted by atomic mass is 16.5. The minimum atomic E-state index is -1.02. The smallest absolute Gasteiger partial charge is 0.312 e. The maximum absolute atomic E-state index is 13.0. The molecule has 32 heavy (non-hydrogen) atoms. The molecule has 3 atom stereocenters. The van der Waals surface area contributed by atoms with Gasteiger partial charge >= 0.3 is 5.97 Å². The van der Waals surface area contributed by atoms with Crippen molar-refractivity contribution in [1.29, 1.82) is 0 Å². The summed E-state index contributed by atoms with van der Waals surface area (Å²) in [6, 6.07) is 26.7. The molecule has 5 heteroatoms. The van der Waals surface area contributed by atoms with Gasteiger partial charge in [0.1, 0.15) is 12.4 Å². The van der Waals surface area contributed by atoms with Crippen LogP contribution in [-0.2, 0) is 33.9 Å². The molecule has 0 bridgehead atoms. The Labute approximate surface area is 189 Å². The van der Waals surface area contributed by atoms with Gasteiger partial charge in [-0.15, -0.1) is 0 Å². The van der Waals surface area contributed by atoms with E-state index in [0.29, 0.717) is 13.0 Å². The number of methoxy groups -OCH3 is 1. The van der Waals surface area contributed by atoms with Crippen LogP contribution >= 0.6 is 0 Å². The van der Waals surface area contributed by atoms with Gasteiger partial charge in [0.2, 0.25) is 0 Å². The zero-order valence-electron chi connectivity index (χ0n) is 18.5. The van der Waals surface area contributed by atoms with Gasteiger partial charge < -0.3 is 19.3 Å². The second-order valence-corrected chi connectivity index (χ2v) is 7.74. The fourth-order valence-corrected chi connectivity index (χ4v) is 3.42. The summed E-state index contributed by atoms with van der Waals surface area (Å²) in [5.74, 6) is -0.414. The first-order chi connectivity index (χ1) is 15.6. The van der Waals surface area contributed by atoms with Crippen LogP contribution in [0, 0.1) is 5.92 Å². The van der Waals surface area contributed by atoms with Crippen molar-refractivity contribution >= 4 is 5.97 Å². The zero-order chi connectivity index (χ0) is 22.8. The fraction of sp³-hybridized carbons (Fsp3) is 0.296. The third-order valence-electron chi connectivity index (χ3n) is 5.39. The predicted octanol–water partition coefficient (Wildman–Crippen LogP) is 4.56. The van der Waals surface area contributed by atoms with E-state index in [4.69, 9.17) is 14.2 Å². The van der Waals surface area contributed by atoms with Crippen LogP contribution in [0.1, 0.15) is 23.6 Å². The number of hydrogen-bond acceptors (Lipinski definition) is 5. The van der Waals surface area contributed by atoms with Gasteiger partial charge in [-0.3, -0.25) is 4.79 Å². The second-order valence-electron chi connectivity index (χ2n) is 7.74. The number of hydrogen-bond donors (Lipinski definition) is 1. The quantitative estimate of drug-likeness (QED) is 0.448. The molecule has 168 valence electrons. The molecule has 0 aromatic heterocycles. The van der Waals surface area contributed by atoms with Crippen LogP contribution in [0.3, 0.4) is 0 Å². The fourth-order valence-electron chi connectivity index (χ4n) is 3.42. The molecule has 0 fully saturated rings. The number of aliphatic hydroxyl groups is 1. The Bertz CT molecular complexity index is 941. The lowest BCUT2D eigenvalue weighted by Crippen LogP contribution is -2.40. The normalized spacial score (nSPS) is 13.7. The maximum atomic E-state index is 13.0. The average molecular weight is 435 g/mol. The number of esters is 1. The highest BCUT2D eigenvalue weighted by Crippen LogP contribution is 2.21. The van der Waals surface area contributed by atoms with E-state index in [0.717, 1.165) is 22.4 Å². The van der Waals surface area contributed by atoms with Crippen molar-refractivity contribution in [3.8, 4) is 5.75 Å². The Morgan fingerprint density at radius 3 is 1.97 bits per heavy atom. The summed E-state index contributed by atoms with van der Waals surface area (Å²) < 4.78 is 16.6. The number of carbonyl (C=O) groups is 1. The van der Waals surface area contributed by atoms with Crippen molar-refractivity contribution in [2.24, 2.45) is 5.92 Å². The van der Waals surface area contributed by atoms with Crippen molar-refractivity contribution < 1.29 is 24.1 Å². The van der Waals surface area contributed by atoms with Crippen LogP contribution < -0.4 is 4.74 Å². The lowest BCUT2D eigenvalue weighted by atomic mass is 9.91. The van der Waals surface area contributed by atoms with Gasteiger partial charge in [0.05, 0.1) is 31.8 Å². The summed E-state index contributed by atoms with van der Waals surface area (Å²) in [5.41, 5.74) is 2.81. The highest BCUT2D eigenvalue weighted by Gasteiger charge is 2.33. The Morgan fingerprint density at radius 1 is 0.812 bits per heavy atom. The largest absolute Gasteiger partial charge is 0.497 e. The molecule has 3 aromatic rings. The number of carbonyl (C=O) groups excluding carboxylic acids is 1. The first-order valence-electron chi connectivity index (χ1n) is 10.7. The van der Waals surface area contributed by atoms with Crippen LogP contribution in [-0.4, -0.2) is 30.4 Å². The Hall–Kier alpha value is -3.15. The van der Waals surface area contributed by atoms with Crippen LogP contribution in [0.5, 0.6) is 5.75 Å². The summed E-state index contributed by atoms with van der Waals surface area (Å²) in [6.07, 6.45) is -1.21. The summed E-state index contributed by atoms with van der Waals surface area (Å²) in [5, 5.41) is 11.0. The minimum Gasteiger partial charge on any atom is -0.497 e. The molecule has 0 unspecified atom stereocenters. The monoisotopic (exact) mass is 434 g/mol. The van der Waals surface area contributed by atoms with Crippen LogP contribution in [0.4, 0.5) is 0 Å². The average Bonchev–Trinajstić information content (AvgIpc) is 2.85. The van der Waals surface area contributed by atoms with Gasteiger partial charge in [-0.25, -0.2) is 0 Å². The minimum absolute atomic E-state index is 0.165. The van der Waals surface area contributed by atoms with E-state index in [-0.39, 0.29) is 6.61 Å². The Kier molecular flexibility index (Phi) is 8.84. The third kappa shape index (κ3) is 6.94. The Morgan fingerprint density at radius 2 is 1.38 bits per heavy atom. The Balaban J connectivity index is 1.65. The molecule has 0 aliphatic rings. The van der Waals surface area contributed by atoms with E-state index in [1.807, 2.05) is 84.9 Å². The molecule has 3 rings (SSSR count). The van der Waals surface area contributed by atoms with Crippen LogP contribution in [0.25, 0.3) is 0 Å². The van der Waals surface area contributed by atoms with Gasteiger partial charge in [-0.05, 0) is 42.2 Å². The van der Waals surface area contributed by atoms with E-state index >= 15 is 0 Å². The summed E-state index contributed by atoms with van der Waals surface area (Å²) in [7, 11) is 1.62. The van der Waals surface area contributed by atoms with E-state index in [1.54, 1.807) is 14.0 Å². The topological polar surface area (TPSA) is 65.0 Å². The van der Waals surface area contributed by atoms with Gasteiger partial charge in [0, 0.05) is 0 Å². The number of ether oxygens (including phenoxy) is 3. The van der Waals surface area contributed by atoms with E-state index in [2.05, 4.69) is 0 Å². The van der Waals surface area contributed by atoms with Gasteiger partial charge in [-0.1, -0.05) is 72.8 Å². The zero-order valence-corrected chi connectivity index (χ0v) is 18.5. The molecule has 5 nitrogen and oxygen atoms in total. The lowest BCUT2D eigenvalue weighted by molar-refractivity contribution is -0.158. The van der Waals surface area contributed by atoms with E-state index in [1.165, 1.54) is 0 Å². The van der Waals surface area contributed by atoms with Gasteiger partial charge in [-0.2, -0.15) is 0 Å². The highest BCUT2D eigenvalue weighted by molar-refractivity contribution is 5.73. The van der Waals surface area contributed by atoms with E-state index < -0.39 is 24.1 Å². The van der Waals surface area contributed by atoms with Crippen LogP contribution in [0.15, 0.2) is 84.9 Å². The molecule has 0 spiro atoms. The summed E-state index contributed by atoms with van der Waals surface area (Å²) in [6.45, 7) is 2.26. The standard InChI is InChI=1S/C27H30O5/c1-20(31-18-23-13-15-24(30-2)16-14-23)26(28)25(17-21-9-5-3-6-10-21)27(29)32-19-22-11-7-4-8-12-22/h3-16,20,25-26,28H,17-19H2,1-2H3/t20-,25+,26-/m0/s1. The molecule has 0 aliphatic heterocycles.